The topological polar surface area (TPSA) is 30.7 Å². The largest absolute Gasteiger partial charge is 0.305 e. The molecule has 0 aliphatic carbocycles. The van der Waals surface area contributed by atoms with Crippen molar-refractivity contribution in [2.45, 2.75) is 57.9 Å². The van der Waals surface area contributed by atoms with Crippen LogP contribution in [-0.4, -0.2) is 14.5 Å². The molecule has 110 valence electrons. The summed E-state index contributed by atoms with van der Waals surface area (Å²) < 4.78 is 2.23. The van der Waals surface area contributed by atoms with E-state index in [4.69, 9.17) is 23.2 Å². The maximum atomic E-state index is 6.35. The van der Waals surface area contributed by atoms with Gasteiger partial charge in [-0.15, -0.1) is 11.6 Å². The number of fused-ring (bicyclic) bond motifs is 1. The third kappa shape index (κ3) is 2.42. The molecule has 0 saturated heterocycles. The number of hydrogen-bond acceptors (Lipinski definition) is 2. The van der Waals surface area contributed by atoms with Gasteiger partial charge in [-0.1, -0.05) is 32.4 Å². The number of aromatic nitrogens is 3. The molecule has 0 fully saturated rings. The fourth-order valence-corrected chi connectivity index (χ4v) is 3.22. The summed E-state index contributed by atoms with van der Waals surface area (Å²) in [5, 5.41) is 0.443. The molecule has 0 aliphatic heterocycles. The number of rotatable bonds is 5. The van der Waals surface area contributed by atoms with E-state index < -0.39 is 0 Å². The van der Waals surface area contributed by atoms with Gasteiger partial charge < -0.3 is 4.57 Å². The van der Waals surface area contributed by atoms with Crippen LogP contribution in [0.1, 0.15) is 58.2 Å². The van der Waals surface area contributed by atoms with Gasteiger partial charge in [0.1, 0.15) is 11.3 Å². The van der Waals surface area contributed by atoms with Crippen molar-refractivity contribution in [1.82, 2.24) is 14.5 Å². The van der Waals surface area contributed by atoms with E-state index in [1.807, 2.05) is 13.0 Å². The van der Waals surface area contributed by atoms with E-state index in [0.29, 0.717) is 5.02 Å². The van der Waals surface area contributed by atoms with E-state index in [1.165, 1.54) is 0 Å². The van der Waals surface area contributed by atoms with E-state index in [1.54, 1.807) is 6.20 Å². The van der Waals surface area contributed by atoms with Gasteiger partial charge in [-0.2, -0.15) is 0 Å². The number of pyridine rings is 1. The molecule has 3 nitrogen and oxygen atoms in total. The highest BCUT2D eigenvalue weighted by molar-refractivity contribution is 6.31. The second kappa shape index (κ2) is 5.90. The summed E-state index contributed by atoms with van der Waals surface area (Å²) in [5.74, 6) is 0.877. The van der Waals surface area contributed by atoms with Crippen LogP contribution in [0.3, 0.4) is 0 Å². The first kappa shape index (κ1) is 15.6. The standard InChI is InChI=1S/C15H21Cl2N3/c1-5-15(6-2,7-3)20-13(10(4)16)19-12-8-11(17)9-18-14(12)20/h8-10H,5-7H2,1-4H3. The van der Waals surface area contributed by atoms with E-state index in [9.17, 15) is 0 Å². The van der Waals surface area contributed by atoms with E-state index >= 15 is 0 Å². The summed E-state index contributed by atoms with van der Waals surface area (Å²) in [4.78, 5) is 9.17. The molecule has 1 unspecified atom stereocenters. The Morgan fingerprint density at radius 2 is 1.85 bits per heavy atom. The Morgan fingerprint density at radius 1 is 1.25 bits per heavy atom. The van der Waals surface area contributed by atoms with Crippen molar-refractivity contribution in [3.8, 4) is 0 Å². The van der Waals surface area contributed by atoms with Crippen molar-refractivity contribution in [2.24, 2.45) is 0 Å². The number of imidazole rings is 1. The van der Waals surface area contributed by atoms with Crippen LogP contribution in [0.25, 0.3) is 11.2 Å². The Hall–Kier alpha value is -0.800. The lowest BCUT2D eigenvalue weighted by Crippen LogP contribution is -2.33. The second-order valence-corrected chi connectivity index (χ2v) is 6.29. The van der Waals surface area contributed by atoms with Gasteiger partial charge in [-0.05, 0) is 32.3 Å². The highest BCUT2D eigenvalue weighted by Gasteiger charge is 2.32. The van der Waals surface area contributed by atoms with E-state index in [-0.39, 0.29) is 10.9 Å². The summed E-state index contributed by atoms with van der Waals surface area (Å²) in [6, 6.07) is 1.86. The van der Waals surface area contributed by atoms with Gasteiger partial charge in [0, 0.05) is 11.7 Å². The Labute approximate surface area is 130 Å². The first-order valence-corrected chi connectivity index (χ1v) is 7.99. The smallest absolute Gasteiger partial charge is 0.160 e. The minimum Gasteiger partial charge on any atom is -0.305 e. The van der Waals surface area contributed by atoms with Gasteiger partial charge in [0.05, 0.1) is 10.4 Å². The van der Waals surface area contributed by atoms with Crippen LogP contribution in [0, 0.1) is 0 Å². The van der Waals surface area contributed by atoms with Gasteiger partial charge in [0.2, 0.25) is 0 Å². The molecule has 0 aromatic carbocycles. The third-order valence-electron chi connectivity index (χ3n) is 4.29. The zero-order valence-electron chi connectivity index (χ0n) is 12.5. The molecule has 0 amide bonds. The molecule has 0 bridgehead atoms. The Balaban J connectivity index is 2.80. The van der Waals surface area contributed by atoms with Gasteiger partial charge in [0.15, 0.2) is 5.65 Å². The van der Waals surface area contributed by atoms with E-state index in [2.05, 4.69) is 35.3 Å². The summed E-state index contributed by atoms with van der Waals surface area (Å²) in [7, 11) is 0. The van der Waals surface area contributed by atoms with Crippen molar-refractivity contribution in [3.63, 3.8) is 0 Å². The lowest BCUT2D eigenvalue weighted by molar-refractivity contribution is 0.249. The fraction of sp³-hybridized carbons (Fsp3) is 0.600. The lowest BCUT2D eigenvalue weighted by atomic mass is 9.89. The van der Waals surface area contributed by atoms with Gasteiger partial charge >= 0.3 is 0 Å². The summed E-state index contributed by atoms with van der Waals surface area (Å²) in [5.41, 5.74) is 1.70. The zero-order valence-corrected chi connectivity index (χ0v) is 14.0. The van der Waals surface area contributed by atoms with Crippen LogP contribution in [0.5, 0.6) is 0 Å². The van der Waals surface area contributed by atoms with Crippen molar-refractivity contribution >= 4 is 34.4 Å². The van der Waals surface area contributed by atoms with Gasteiger partial charge in [-0.25, -0.2) is 9.97 Å². The molecule has 5 heteroatoms. The zero-order chi connectivity index (χ0) is 14.9. The normalized spacial score (nSPS) is 13.9. The fourth-order valence-electron chi connectivity index (χ4n) is 2.92. The quantitative estimate of drug-likeness (QED) is 0.700. The van der Waals surface area contributed by atoms with Crippen molar-refractivity contribution < 1.29 is 0 Å². The molecule has 2 rings (SSSR count). The number of halogens is 2. The summed E-state index contributed by atoms with van der Waals surface area (Å²) >= 11 is 12.4. The average Bonchev–Trinajstić information content (AvgIpc) is 2.81. The number of alkyl halides is 1. The molecule has 0 saturated carbocycles. The van der Waals surface area contributed by atoms with Crippen LogP contribution in [0.2, 0.25) is 5.02 Å². The maximum absolute atomic E-state index is 6.35. The van der Waals surface area contributed by atoms with Gasteiger partial charge in [0.25, 0.3) is 0 Å². The maximum Gasteiger partial charge on any atom is 0.160 e. The summed E-state index contributed by atoms with van der Waals surface area (Å²) in [6.07, 6.45) is 4.74. The molecule has 0 aliphatic rings. The molecular formula is C15H21Cl2N3. The SMILES string of the molecule is CCC(CC)(CC)n1c(C(C)Cl)nc2cc(Cl)cnc21. The second-order valence-electron chi connectivity index (χ2n) is 5.20. The first-order chi connectivity index (χ1) is 9.49. The minimum absolute atomic E-state index is 0.00800. The third-order valence-corrected chi connectivity index (χ3v) is 4.70. The van der Waals surface area contributed by atoms with Crippen molar-refractivity contribution in [3.05, 3.63) is 23.1 Å². The van der Waals surface area contributed by atoms with Gasteiger partial charge in [-0.3, -0.25) is 0 Å². The predicted octanol–water partition coefficient (Wildman–Crippen LogP) is 5.31. The molecule has 2 aromatic heterocycles. The van der Waals surface area contributed by atoms with E-state index in [0.717, 1.165) is 36.3 Å². The molecule has 0 radical (unpaired) electrons. The molecule has 0 spiro atoms. The monoisotopic (exact) mass is 313 g/mol. The van der Waals surface area contributed by atoms with Crippen LogP contribution in [0.4, 0.5) is 0 Å². The number of hydrogen-bond donors (Lipinski definition) is 0. The van der Waals surface area contributed by atoms with Crippen LogP contribution >= 0.6 is 23.2 Å². The Morgan fingerprint density at radius 3 is 2.35 bits per heavy atom. The Kier molecular flexibility index (Phi) is 4.60. The molecule has 2 heterocycles. The first-order valence-electron chi connectivity index (χ1n) is 7.17. The molecule has 1 atom stereocenters. The molecule has 2 aromatic rings. The van der Waals surface area contributed by atoms with Crippen molar-refractivity contribution in [2.75, 3.05) is 0 Å². The lowest BCUT2D eigenvalue weighted by Gasteiger charge is -2.34. The number of nitrogens with zero attached hydrogens (tertiary/aromatic N) is 3. The van der Waals surface area contributed by atoms with Crippen LogP contribution in [0.15, 0.2) is 12.3 Å². The summed E-state index contributed by atoms with van der Waals surface area (Å²) in [6.45, 7) is 8.57. The highest BCUT2D eigenvalue weighted by atomic mass is 35.5. The van der Waals surface area contributed by atoms with Crippen LogP contribution in [-0.2, 0) is 5.54 Å². The highest BCUT2D eigenvalue weighted by Crippen LogP contribution is 2.37. The van der Waals surface area contributed by atoms with Crippen LogP contribution < -0.4 is 0 Å². The predicted molar refractivity (Wildman–Crippen MR) is 85.7 cm³/mol. The minimum atomic E-state index is -0.160. The average molecular weight is 314 g/mol. The van der Waals surface area contributed by atoms with Crippen molar-refractivity contribution in [1.29, 1.82) is 0 Å². The molecule has 20 heavy (non-hydrogen) atoms. The molecule has 0 N–H and O–H groups in total. The molecular weight excluding hydrogens is 293 g/mol. The Bertz CT molecular complexity index is 592.